The van der Waals surface area contributed by atoms with Gasteiger partial charge in [0, 0.05) is 19.3 Å². The quantitative estimate of drug-likeness (QED) is 0.0346. The molecule has 6 heteroatoms. The van der Waals surface area contributed by atoms with E-state index in [-0.39, 0.29) is 31.1 Å². The number of esters is 3. The summed E-state index contributed by atoms with van der Waals surface area (Å²) in [5.74, 6) is -0.0491. The normalized spacial score (nSPS) is 11.9. The highest BCUT2D eigenvalue weighted by Gasteiger charge is 2.19. The van der Waals surface area contributed by atoms with Crippen LogP contribution in [0.1, 0.15) is 291 Å². The van der Waals surface area contributed by atoms with Crippen LogP contribution in [0.15, 0.2) is 0 Å². The molecule has 58 heavy (non-hydrogen) atoms. The molecule has 0 saturated carbocycles. The molecular weight excluding hydrogens is 721 g/mol. The van der Waals surface area contributed by atoms with E-state index >= 15 is 0 Å². The molecule has 0 amide bonds. The highest BCUT2D eigenvalue weighted by atomic mass is 16.6. The summed E-state index contributed by atoms with van der Waals surface area (Å²) in [5.41, 5.74) is 0. The zero-order valence-corrected chi connectivity index (χ0v) is 39.5. The zero-order chi connectivity index (χ0) is 42.4. The molecule has 0 aromatic heterocycles. The van der Waals surface area contributed by atoms with Gasteiger partial charge in [0.15, 0.2) is 6.10 Å². The Kier molecular flexibility index (Phi) is 45.2. The fourth-order valence-electron chi connectivity index (χ4n) is 7.86. The lowest BCUT2D eigenvalue weighted by Gasteiger charge is -2.18. The summed E-state index contributed by atoms with van der Waals surface area (Å²) in [4.78, 5) is 37.9. The zero-order valence-electron chi connectivity index (χ0n) is 39.5. The summed E-state index contributed by atoms with van der Waals surface area (Å²) in [7, 11) is 0. The van der Waals surface area contributed by atoms with E-state index in [4.69, 9.17) is 14.2 Å². The number of carbonyl (C=O) groups excluding carboxylic acids is 3. The average molecular weight is 821 g/mol. The monoisotopic (exact) mass is 821 g/mol. The summed E-state index contributed by atoms with van der Waals surface area (Å²) in [6.45, 7) is 9.00. The van der Waals surface area contributed by atoms with E-state index in [1.54, 1.807) is 0 Å². The van der Waals surface area contributed by atoms with Gasteiger partial charge in [-0.2, -0.15) is 0 Å². The number of hydrogen-bond acceptors (Lipinski definition) is 6. The van der Waals surface area contributed by atoms with Gasteiger partial charge in [0.1, 0.15) is 13.2 Å². The van der Waals surface area contributed by atoms with Gasteiger partial charge in [-0.05, 0) is 25.2 Å². The summed E-state index contributed by atoms with van der Waals surface area (Å²) in [5, 5.41) is 0. The Labute approximate surface area is 361 Å². The van der Waals surface area contributed by atoms with Gasteiger partial charge < -0.3 is 14.2 Å². The van der Waals surface area contributed by atoms with Gasteiger partial charge in [-0.3, -0.25) is 14.4 Å². The van der Waals surface area contributed by atoms with E-state index in [1.165, 1.54) is 186 Å². The Morgan fingerprint density at radius 3 is 0.845 bits per heavy atom. The maximum Gasteiger partial charge on any atom is 0.306 e. The summed E-state index contributed by atoms with van der Waals surface area (Å²) < 4.78 is 16.8. The molecule has 0 N–H and O–H groups in total. The van der Waals surface area contributed by atoms with Crippen molar-refractivity contribution in [3.8, 4) is 0 Å². The minimum absolute atomic E-state index is 0.0630. The van der Waals surface area contributed by atoms with Crippen molar-refractivity contribution in [2.24, 2.45) is 5.92 Å². The lowest BCUT2D eigenvalue weighted by Crippen LogP contribution is -2.30. The molecule has 0 rings (SSSR count). The fraction of sp³-hybridized carbons (Fsp3) is 0.942. The molecule has 0 radical (unpaired) electrons. The van der Waals surface area contributed by atoms with Crippen molar-refractivity contribution in [1.82, 2.24) is 0 Å². The second kappa shape index (κ2) is 46.5. The summed E-state index contributed by atoms with van der Waals surface area (Å²) in [6, 6.07) is 0. The van der Waals surface area contributed by atoms with Gasteiger partial charge in [0.05, 0.1) is 0 Å². The van der Waals surface area contributed by atoms with Gasteiger partial charge in [-0.15, -0.1) is 0 Å². The van der Waals surface area contributed by atoms with Crippen LogP contribution in [0.3, 0.4) is 0 Å². The van der Waals surface area contributed by atoms with Crippen molar-refractivity contribution >= 4 is 17.9 Å². The lowest BCUT2D eigenvalue weighted by molar-refractivity contribution is -0.167. The van der Waals surface area contributed by atoms with Crippen LogP contribution in [0, 0.1) is 5.92 Å². The number of hydrogen-bond donors (Lipinski definition) is 0. The lowest BCUT2D eigenvalue weighted by atomic mass is 10.0. The highest BCUT2D eigenvalue weighted by molar-refractivity contribution is 5.71. The molecule has 344 valence electrons. The topological polar surface area (TPSA) is 78.9 Å². The van der Waals surface area contributed by atoms with Crippen molar-refractivity contribution in [2.45, 2.75) is 297 Å². The number of unbranched alkanes of at least 4 members (excludes halogenated alkanes) is 34. The standard InChI is InChI=1S/C52H100O6/c1-5-7-9-11-13-15-17-19-21-23-25-27-33-37-41-45-52(55)58-49(47-57-51(54)44-40-36-32-29-28-30-34-38-42-48(3)4)46-56-50(53)43-39-35-31-26-24-22-20-18-16-14-12-10-8-6-2/h48-49H,5-47H2,1-4H3/t49-/m1/s1. The van der Waals surface area contributed by atoms with E-state index in [1.807, 2.05) is 0 Å². The first-order valence-electron chi connectivity index (χ1n) is 25.9. The first-order chi connectivity index (χ1) is 28.4. The third-order valence-electron chi connectivity index (χ3n) is 11.8. The Balaban J connectivity index is 4.30. The predicted molar refractivity (Wildman–Crippen MR) is 247 cm³/mol. The molecule has 0 aromatic carbocycles. The minimum Gasteiger partial charge on any atom is -0.462 e. The van der Waals surface area contributed by atoms with E-state index in [0.29, 0.717) is 19.3 Å². The van der Waals surface area contributed by atoms with Crippen LogP contribution in [0.25, 0.3) is 0 Å². The third kappa shape index (κ3) is 45.5. The Morgan fingerprint density at radius 2 is 0.569 bits per heavy atom. The maximum absolute atomic E-state index is 12.8. The van der Waals surface area contributed by atoms with E-state index in [2.05, 4.69) is 27.7 Å². The Bertz CT molecular complexity index is 872. The first-order valence-corrected chi connectivity index (χ1v) is 25.9. The molecular formula is C52H100O6. The smallest absolute Gasteiger partial charge is 0.306 e. The molecule has 0 aliphatic heterocycles. The largest absolute Gasteiger partial charge is 0.462 e. The van der Waals surface area contributed by atoms with Crippen LogP contribution in [-0.4, -0.2) is 37.2 Å². The number of ether oxygens (including phenoxy) is 3. The second-order valence-corrected chi connectivity index (χ2v) is 18.3. The third-order valence-corrected chi connectivity index (χ3v) is 11.8. The van der Waals surface area contributed by atoms with Crippen molar-refractivity contribution in [3.05, 3.63) is 0 Å². The van der Waals surface area contributed by atoms with Gasteiger partial charge in [-0.25, -0.2) is 0 Å². The molecule has 6 nitrogen and oxygen atoms in total. The van der Waals surface area contributed by atoms with E-state index < -0.39 is 6.10 Å². The first kappa shape index (κ1) is 56.4. The van der Waals surface area contributed by atoms with Gasteiger partial charge in [0.25, 0.3) is 0 Å². The average Bonchev–Trinajstić information content (AvgIpc) is 3.21. The second-order valence-electron chi connectivity index (χ2n) is 18.3. The molecule has 0 aliphatic carbocycles. The van der Waals surface area contributed by atoms with Crippen molar-refractivity contribution < 1.29 is 28.6 Å². The SMILES string of the molecule is CCCCCCCCCCCCCCCCCC(=O)O[C@H](COC(=O)CCCCCCCCCCCCCCCC)COC(=O)CCCCCCCCCCC(C)C. The van der Waals surface area contributed by atoms with Crippen molar-refractivity contribution in [3.63, 3.8) is 0 Å². The van der Waals surface area contributed by atoms with Crippen molar-refractivity contribution in [1.29, 1.82) is 0 Å². The number of rotatable bonds is 47. The summed E-state index contributed by atoms with van der Waals surface area (Å²) >= 11 is 0. The molecule has 1 atom stereocenters. The summed E-state index contributed by atoms with van der Waals surface area (Å²) in [6.07, 6.45) is 48.0. The molecule has 0 unspecified atom stereocenters. The van der Waals surface area contributed by atoms with Gasteiger partial charge in [0.2, 0.25) is 0 Å². The van der Waals surface area contributed by atoms with Crippen LogP contribution in [0.2, 0.25) is 0 Å². The van der Waals surface area contributed by atoms with Crippen LogP contribution < -0.4 is 0 Å². The van der Waals surface area contributed by atoms with Crippen LogP contribution >= 0.6 is 0 Å². The molecule has 0 saturated heterocycles. The molecule has 0 aliphatic rings. The van der Waals surface area contributed by atoms with Crippen molar-refractivity contribution in [2.75, 3.05) is 13.2 Å². The molecule has 0 aromatic rings. The van der Waals surface area contributed by atoms with Gasteiger partial charge >= 0.3 is 17.9 Å². The van der Waals surface area contributed by atoms with Crippen LogP contribution in [0.4, 0.5) is 0 Å². The Hall–Kier alpha value is -1.59. The van der Waals surface area contributed by atoms with Crippen LogP contribution in [0.5, 0.6) is 0 Å². The fourth-order valence-corrected chi connectivity index (χ4v) is 7.86. The Morgan fingerprint density at radius 1 is 0.328 bits per heavy atom. The predicted octanol–water partition coefficient (Wildman–Crippen LogP) is 16.7. The molecule has 0 heterocycles. The van der Waals surface area contributed by atoms with E-state index in [0.717, 1.165) is 63.7 Å². The highest BCUT2D eigenvalue weighted by Crippen LogP contribution is 2.17. The molecule has 0 bridgehead atoms. The molecule has 0 fully saturated rings. The van der Waals surface area contributed by atoms with E-state index in [9.17, 15) is 14.4 Å². The number of carbonyl (C=O) groups is 3. The van der Waals surface area contributed by atoms with Gasteiger partial charge in [-0.1, -0.05) is 252 Å². The minimum atomic E-state index is -0.760. The maximum atomic E-state index is 12.8. The molecule has 0 spiro atoms. The van der Waals surface area contributed by atoms with Crippen LogP contribution in [-0.2, 0) is 28.6 Å².